The summed E-state index contributed by atoms with van der Waals surface area (Å²) in [5, 5.41) is 32.5. The van der Waals surface area contributed by atoms with Crippen molar-refractivity contribution in [3.05, 3.63) is 0 Å². The molecule has 0 amide bonds. The Kier molecular flexibility index (Phi) is 19.9. The van der Waals surface area contributed by atoms with Gasteiger partial charge < -0.3 is 49.1 Å². The standard InChI is InChI=1S/C6H14N4O2.C5H11NO2.C3H7NO3/c7-4(5(11)12)2-1-3-10-6(8)9;1-2-3-4(6)5(7)8;4-2(1-5)3(6)7/h4H,1-3,7H2,(H,11,12)(H4,8,9,10);4H,2-3,6H2,1H3,(H,7,8);2,5H,1,4H2,(H,6,7)/t4-;;2-/m0.0/s1. The molecule has 0 saturated heterocycles. The highest BCUT2D eigenvalue weighted by Gasteiger charge is 2.09. The molecule has 0 aromatic rings. The Balaban J connectivity index is -0.000000336. The van der Waals surface area contributed by atoms with Gasteiger partial charge in [0.25, 0.3) is 0 Å². The predicted molar refractivity (Wildman–Crippen MR) is 98.7 cm³/mol. The maximum absolute atomic E-state index is 10.2. The molecule has 0 aromatic carbocycles. The number of carbonyl (C=O) groups is 3. The van der Waals surface area contributed by atoms with Crippen molar-refractivity contribution in [1.29, 1.82) is 0 Å². The van der Waals surface area contributed by atoms with Crippen LogP contribution in [0.2, 0.25) is 0 Å². The second kappa shape index (κ2) is 18.3. The number of aliphatic carboxylic acids is 3. The van der Waals surface area contributed by atoms with E-state index in [1.165, 1.54) is 0 Å². The van der Waals surface area contributed by atoms with Gasteiger partial charge in [0.05, 0.1) is 6.61 Å². The molecular weight excluding hydrogens is 364 g/mol. The third-order valence-electron chi connectivity index (χ3n) is 2.72. The van der Waals surface area contributed by atoms with E-state index in [1.54, 1.807) is 0 Å². The van der Waals surface area contributed by atoms with E-state index in [2.05, 4.69) is 4.99 Å². The summed E-state index contributed by atoms with van der Waals surface area (Å²) in [6, 6.07) is -2.61. The first-order chi connectivity index (χ1) is 12.4. The van der Waals surface area contributed by atoms with Crippen LogP contribution in [0.25, 0.3) is 0 Å². The van der Waals surface area contributed by atoms with Crippen LogP contribution in [0.5, 0.6) is 0 Å². The monoisotopic (exact) mass is 396 g/mol. The van der Waals surface area contributed by atoms with Crippen molar-refractivity contribution in [2.24, 2.45) is 33.7 Å². The lowest BCUT2D eigenvalue weighted by Gasteiger charge is -2.03. The average molecular weight is 396 g/mol. The number of hydrogen-bond donors (Lipinski definition) is 9. The Bertz CT molecular complexity index is 457. The number of hydrogen-bond acceptors (Lipinski definition) is 8. The molecule has 0 aliphatic carbocycles. The minimum atomic E-state index is -1.18. The zero-order chi connectivity index (χ0) is 22.0. The lowest BCUT2D eigenvalue weighted by Crippen LogP contribution is -2.33. The van der Waals surface area contributed by atoms with Crippen LogP contribution in [0.3, 0.4) is 0 Å². The van der Waals surface area contributed by atoms with Crippen LogP contribution in [0.4, 0.5) is 0 Å². The topological polar surface area (TPSA) is 275 Å². The second-order valence-corrected chi connectivity index (χ2v) is 5.25. The maximum atomic E-state index is 10.2. The Hall–Kier alpha value is -2.48. The van der Waals surface area contributed by atoms with Gasteiger partial charge in [0, 0.05) is 6.54 Å². The summed E-state index contributed by atoms with van der Waals surface area (Å²) in [4.78, 5) is 33.5. The molecule has 0 fully saturated rings. The summed E-state index contributed by atoms with van der Waals surface area (Å²) < 4.78 is 0. The molecule has 0 aromatic heterocycles. The van der Waals surface area contributed by atoms with Crippen molar-refractivity contribution in [1.82, 2.24) is 0 Å². The van der Waals surface area contributed by atoms with Gasteiger partial charge in [0.2, 0.25) is 0 Å². The first-order valence-corrected chi connectivity index (χ1v) is 8.01. The SMILES string of the molecule is CCCC(N)C(=O)O.NC(N)=NCCC[C@H](N)C(=O)O.N[C@@H](CO)C(=O)O. The molecule has 13 nitrogen and oxygen atoms in total. The highest BCUT2D eigenvalue weighted by molar-refractivity contribution is 5.75. The van der Waals surface area contributed by atoms with E-state index in [9.17, 15) is 14.4 Å². The van der Waals surface area contributed by atoms with Crippen molar-refractivity contribution in [3.8, 4) is 0 Å². The Morgan fingerprint density at radius 1 is 0.852 bits per heavy atom. The molecule has 0 heterocycles. The predicted octanol–water partition coefficient (Wildman–Crippen LogP) is -2.96. The Morgan fingerprint density at radius 2 is 1.26 bits per heavy atom. The molecule has 0 radical (unpaired) electrons. The van der Waals surface area contributed by atoms with Gasteiger partial charge in [-0.05, 0) is 19.3 Å². The highest BCUT2D eigenvalue weighted by Crippen LogP contribution is 1.94. The summed E-state index contributed by atoms with van der Waals surface area (Å²) >= 11 is 0. The second-order valence-electron chi connectivity index (χ2n) is 5.25. The van der Waals surface area contributed by atoms with Crippen LogP contribution in [-0.4, -0.2) is 75.6 Å². The third kappa shape index (κ3) is 23.5. The molecule has 0 aliphatic heterocycles. The summed E-state index contributed by atoms with van der Waals surface area (Å²) in [6.07, 6.45) is 2.35. The number of aliphatic hydroxyl groups excluding tert-OH is 1. The molecule has 3 atom stereocenters. The minimum absolute atomic E-state index is 0.0129. The summed E-state index contributed by atoms with van der Waals surface area (Å²) in [6.45, 7) is 1.82. The first kappa shape index (κ1) is 29.3. The lowest BCUT2D eigenvalue weighted by molar-refractivity contribution is -0.140. The molecule has 0 bridgehead atoms. The molecule has 1 unspecified atom stereocenters. The third-order valence-corrected chi connectivity index (χ3v) is 2.72. The smallest absolute Gasteiger partial charge is 0.322 e. The normalized spacial score (nSPS) is 12.8. The summed E-state index contributed by atoms with van der Waals surface area (Å²) in [7, 11) is 0. The van der Waals surface area contributed by atoms with Crippen molar-refractivity contribution in [2.75, 3.05) is 13.2 Å². The molecular formula is C14H32N6O7. The van der Waals surface area contributed by atoms with E-state index in [0.29, 0.717) is 25.8 Å². The van der Waals surface area contributed by atoms with E-state index >= 15 is 0 Å². The highest BCUT2D eigenvalue weighted by atomic mass is 16.4. The van der Waals surface area contributed by atoms with E-state index in [-0.39, 0.29) is 5.96 Å². The fourth-order valence-electron chi connectivity index (χ4n) is 1.16. The van der Waals surface area contributed by atoms with Crippen LogP contribution < -0.4 is 28.7 Å². The van der Waals surface area contributed by atoms with Crippen molar-refractivity contribution in [3.63, 3.8) is 0 Å². The van der Waals surface area contributed by atoms with Crippen molar-refractivity contribution >= 4 is 23.9 Å². The number of carboxylic acids is 3. The van der Waals surface area contributed by atoms with E-state index in [4.69, 9.17) is 49.1 Å². The van der Waals surface area contributed by atoms with Crippen molar-refractivity contribution in [2.45, 2.75) is 50.7 Å². The van der Waals surface area contributed by atoms with Gasteiger partial charge in [-0.2, -0.15) is 0 Å². The molecule has 0 saturated carbocycles. The molecule has 13 heteroatoms. The van der Waals surface area contributed by atoms with Crippen LogP contribution in [0.1, 0.15) is 32.6 Å². The number of nitrogens with two attached hydrogens (primary N) is 5. The molecule has 0 rings (SSSR count). The average Bonchev–Trinajstić information content (AvgIpc) is 2.58. The summed E-state index contributed by atoms with van der Waals surface area (Å²) in [5.41, 5.74) is 25.2. The van der Waals surface area contributed by atoms with Crippen LogP contribution in [0.15, 0.2) is 4.99 Å². The number of rotatable bonds is 10. The zero-order valence-corrected chi connectivity index (χ0v) is 15.3. The largest absolute Gasteiger partial charge is 0.480 e. The van der Waals surface area contributed by atoms with Gasteiger partial charge in [-0.1, -0.05) is 13.3 Å². The Labute approximate surface area is 157 Å². The number of guanidine groups is 1. The zero-order valence-electron chi connectivity index (χ0n) is 15.3. The molecule has 160 valence electrons. The number of nitrogens with zero attached hydrogens (tertiary/aromatic N) is 1. The Morgan fingerprint density at radius 3 is 1.48 bits per heavy atom. The van der Waals surface area contributed by atoms with Gasteiger partial charge in [-0.25, -0.2) is 0 Å². The van der Waals surface area contributed by atoms with Gasteiger partial charge in [-0.15, -0.1) is 0 Å². The minimum Gasteiger partial charge on any atom is -0.480 e. The van der Waals surface area contributed by atoms with Crippen LogP contribution in [0, 0.1) is 0 Å². The van der Waals surface area contributed by atoms with Gasteiger partial charge >= 0.3 is 17.9 Å². The van der Waals surface area contributed by atoms with Gasteiger partial charge in [0.15, 0.2) is 5.96 Å². The molecule has 14 N–H and O–H groups in total. The molecule has 0 aliphatic rings. The first-order valence-electron chi connectivity index (χ1n) is 8.01. The number of aliphatic imine (C=N–C) groups is 1. The van der Waals surface area contributed by atoms with Crippen LogP contribution in [-0.2, 0) is 14.4 Å². The van der Waals surface area contributed by atoms with Gasteiger partial charge in [-0.3, -0.25) is 19.4 Å². The molecule has 27 heavy (non-hydrogen) atoms. The quantitative estimate of drug-likeness (QED) is 0.102. The fourth-order valence-corrected chi connectivity index (χ4v) is 1.16. The fraction of sp³-hybridized carbons (Fsp3) is 0.714. The maximum Gasteiger partial charge on any atom is 0.322 e. The van der Waals surface area contributed by atoms with Crippen molar-refractivity contribution < 1.29 is 34.8 Å². The number of aliphatic hydroxyl groups is 1. The summed E-state index contributed by atoms with van der Waals surface area (Å²) in [5.74, 6) is -3.08. The van der Waals surface area contributed by atoms with E-state index in [0.717, 1.165) is 6.42 Å². The lowest BCUT2D eigenvalue weighted by atomic mass is 10.2. The van der Waals surface area contributed by atoms with E-state index < -0.39 is 42.6 Å². The number of carboxylic acid groups (broad SMARTS) is 3. The van der Waals surface area contributed by atoms with Gasteiger partial charge in [0.1, 0.15) is 18.1 Å². The molecule has 0 spiro atoms. The van der Waals surface area contributed by atoms with Crippen LogP contribution >= 0.6 is 0 Å². The van der Waals surface area contributed by atoms with E-state index in [1.807, 2.05) is 6.92 Å².